The third-order valence-electron chi connectivity index (χ3n) is 3.33. The van der Waals surface area contributed by atoms with E-state index in [4.69, 9.17) is 10.00 Å². The van der Waals surface area contributed by atoms with Crippen LogP contribution in [0.4, 0.5) is 5.69 Å². The van der Waals surface area contributed by atoms with Gasteiger partial charge >= 0.3 is 0 Å². The van der Waals surface area contributed by atoms with Crippen LogP contribution in [0.15, 0.2) is 59.5 Å². The zero-order valence-corrected chi connectivity index (χ0v) is 14.0. The summed E-state index contributed by atoms with van der Waals surface area (Å²) in [4.78, 5) is 0.108. The summed E-state index contributed by atoms with van der Waals surface area (Å²) in [7, 11) is -2.46. The molecule has 0 aliphatic carbocycles. The van der Waals surface area contributed by atoms with E-state index >= 15 is 0 Å². The van der Waals surface area contributed by atoms with Crippen LogP contribution in [-0.2, 0) is 14.8 Å². The molecule has 1 atom stereocenters. The van der Waals surface area contributed by atoms with Gasteiger partial charge in [-0.15, -0.1) is 0 Å². The van der Waals surface area contributed by atoms with E-state index in [1.807, 2.05) is 6.07 Å². The minimum absolute atomic E-state index is 0.00124. The van der Waals surface area contributed by atoms with E-state index < -0.39 is 16.1 Å². The Balaban J connectivity index is 2.48. The van der Waals surface area contributed by atoms with Crippen molar-refractivity contribution in [3.63, 3.8) is 0 Å². The number of aliphatic hydroxyl groups is 1. The van der Waals surface area contributed by atoms with Gasteiger partial charge in [-0.25, -0.2) is 8.42 Å². The number of methoxy groups -OCH3 is 1. The standard InChI is InChI=1S/C17H18N2O4S/c1-23-13-16(20)12-19(15-7-5-6-14(10-15)11-18)24(21,22)17-8-3-2-4-9-17/h2-10,16,20H,12-13H2,1H3/t16-/m1/s1. The Morgan fingerprint density at radius 1 is 1.21 bits per heavy atom. The van der Waals surface area contributed by atoms with Crippen molar-refractivity contribution in [1.82, 2.24) is 0 Å². The first-order valence-electron chi connectivity index (χ1n) is 7.24. The highest BCUT2D eigenvalue weighted by Gasteiger charge is 2.27. The molecule has 6 nitrogen and oxygen atoms in total. The number of ether oxygens (including phenoxy) is 1. The smallest absolute Gasteiger partial charge is 0.264 e. The Labute approximate surface area is 141 Å². The van der Waals surface area contributed by atoms with Gasteiger partial charge in [0, 0.05) is 7.11 Å². The lowest BCUT2D eigenvalue weighted by Gasteiger charge is -2.26. The summed E-state index contributed by atoms with van der Waals surface area (Å²) in [5, 5.41) is 19.1. The molecule has 0 aliphatic rings. The molecule has 7 heteroatoms. The molecule has 2 rings (SSSR count). The van der Waals surface area contributed by atoms with E-state index in [1.54, 1.807) is 36.4 Å². The second kappa shape index (κ2) is 7.93. The van der Waals surface area contributed by atoms with Crippen LogP contribution in [0.3, 0.4) is 0 Å². The molecule has 0 saturated carbocycles. The van der Waals surface area contributed by atoms with Crippen LogP contribution in [0.2, 0.25) is 0 Å². The van der Waals surface area contributed by atoms with Gasteiger partial charge in [-0.3, -0.25) is 4.31 Å². The molecule has 0 heterocycles. The number of sulfonamides is 1. The number of rotatable bonds is 7. The molecule has 0 bridgehead atoms. The van der Waals surface area contributed by atoms with Gasteiger partial charge in [0.15, 0.2) is 0 Å². The van der Waals surface area contributed by atoms with Crippen LogP contribution >= 0.6 is 0 Å². The van der Waals surface area contributed by atoms with E-state index in [9.17, 15) is 13.5 Å². The number of hydrogen-bond acceptors (Lipinski definition) is 5. The predicted octanol–water partition coefficient (Wildman–Crippen LogP) is 1.76. The maximum Gasteiger partial charge on any atom is 0.264 e. The van der Waals surface area contributed by atoms with Crippen LogP contribution in [0.5, 0.6) is 0 Å². The second-order valence-corrected chi connectivity index (χ2v) is 6.98. The fraction of sp³-hybridized carbons (Fsp3) is 0.235. The zero-order chi connectivity index (χ0) is 17.6. The van der Waals surface area contributed by atoms with Crippen molar-refractivity contribution < 1.29 is 18.3 Å². The zero-order valence-electron chi connectivity index (χ0n) is 13.2. The molecule has 0 fully saturated rings. The molecule has 0 aliphatic heterocycles. The third-order valence-corrected chi connectivity index (χ3v) is 5.14. The van der Waals surface area contributed by atoms with Crippen LogP contribution < -0.4 is 4.31 Å². The van der Waals surface area contributed by atoms with Crippen molar-refractivity contribution in [1.29, 1.82) is 5.26 Å². The van der Waals surface area contributed by atoms with Crippen LogP contribution in [0.1, 0.15) is 5.56 Å². The van der Waals surface area contributed by atoms with E-state index in [0.29, 0.717) is 11.3 Å². The van der Waals surface area contributed by atoms with E-state index in [1.165, 1.54) is 25.3 Å². The minimum atomic E-state index is -3.88. The van der Waals surface area contributed by atoms with Crippen molar-refractivity contribution in [2.45, 2.75) is 11.0 Å². The highest BCUT2D eigenvalue weighted by atomic mass is 32.2. The molecule has 1 N–H and O–H groups in total. The maximum absolute atomic E-state index is 13.0. The van der Waals surface area contributed by atoms with Gasteiger partial charge in [0.2, 0.25) is 0 Å². The lowest BCUT2D eigenvalue weighted by molar-refractivity contribution is 0.0708. The van der Waals surface area contributed by atoms with Crippen LogP contribution in [0.25, 0.3) is 0 Å². The molecule has 2 aromatic carbocycles. The van der Waals surface area contributed by atoms with Gasteiger partial charge in [-0.05, 0) is 30.3 Å². The van der Waals surface area contributed by atoms with Crippen LogP contribution in [0, 0.1) is 11.3 Å². The second-order valence-electron chi connectivity index (χ2n) is 5.12. The van der Waals surface area contributed by atoms with Crippen molar-refractivity contribution in [2.24, 2.45) is 0 Å². The lowest BCUT2D eigenvalue weighted by atomic mass is 10.2. The molecule has 0 amide bonds. The lowest BCUT2D eigenvalue weighted by Crippen LogP contribution is -2.39. The van der Waals surface area contributed by atoms with Gasteiger partial charge in [0.05, 0.1) is 41.5 Å². The highest BCUT2D eigenvalue weighted by Crippen LogP contribution is 2.24. The fourth-order valence-electron chi connectivity index (χ4n) is 2.23. The maximum atomic E-state index is 13.0. The highest BCUT2D eigenvalue weighted by molar-refractivity contribution is 7.92. The summed E-state index contributed by atoms with van der Waals surface area (Å²) in [5.41, 5.74) is 0.648. The molecule has 126 valence electrons. The molecule has 24 heavy (non-hydrogen) atoms. The topological polar surface area (TPSA) is 90.6 Å². The number of anilines is 1. The van der Waals surface area contributed by atoms with Gasteiger partial charge < -0.3 is 9.84 Å². The summed E-state index contributed by atoms with van der Waals surface area (Å²) in [5.74, 6) is 0. The largest absolute Gasteiger partial charge is 0.389 e. The number of hydrogen-bond donors (Lipinski definition) is 1. The first-order valence-corrected chi connectivity index (χ1v) is 8.68. The average Bonchev–Trinajstić information content (AvgIpc) is 2.60. The Kier molecular flexibility index (Phi) is 5.93. The van der Waals surface area contributed by atoms with Gasteiger partial charge in [0.25, 0.3) is 10.0 Å². The molecular formula is C17H18N2O4S. The summed E-state index contributed by atoms with van der Waals surface area (Å²) in [6.07, 6.45) is -1.00. The van der Waals surface area contributed by atoms with Crippen molar-refractivity contribution >= 4 is 15.7 Å². The molecule has 2 aromatic rings. The molecule has 0 aromatic heterocycles. The SMILES string of the molecule is COC[C@H](O)CN(c1cccc(C#N)c1)S(=O)(=O)c1ccccc1. The number of benzene rings is 2. The molecule has 0 saturated heterocycles. The Hall–Kier alpha value is -2.40. The molecular weight excluding hydrogens is 328 g/mol. The predicted molar refractivity (Wildman–Crippen MR) is 90.0 cm³/mol. The van der Waals surface area contributed by atoms with Crippen molar-refractivity contribution in [2.75, 3.05) is 24.6 Å². The average molecular weight is 346 g/mol. The summed E-state index contributed by atoms with van der Waals surface area (Å²) in [6.45, 7) is -0.182. The fourth-order valence-corrected chi connectivity index (χ4v) is 3.74. The molecule has 0 radical (unpaired) electrons. The Morgan fingerprint density at radius 2 is 1.92 bits per heavy atom. The minimum Gasteiger partial charge on any atom is -0.389 e. The first kappa shape index (κ1) is 17.9. The molecule has 0 spiro atoms. The monoisotopic (exact) mass is 346 g/mol. The normalized spacial score (nSPS) is 12.4. The van der Waals surface area contributed by atoms with Crippen molar-refractivity contribution in [3.8, 4) is 6.07 Å². The number of nitriles is 1. The summed E-state index contributed by atoms with van der Waals surface area (Å²) in [6, 6.07) is 16.2. The van der Waals surface area contributed by atoms with Gasteiger partial charge in [-0.2, -0.15) is 5.26 Å². The number of nitrogens with zero attached hydrogens (tertiary/aromatic N) is 2. The third kappa shape index (κ3) is 4.11. The van der Waals surface area contributed by atoms with Gasteiger partial charge in [0.1, 0.15) is 0 Å². The van der Waals surface area contributed by atoms with E-state index in [-0.39, 0.29) is 18.0 Å². The summed E-state index contributed by atoms with van der Waals surface area (Å²) >= 11 is 0. The van der Waals surface area contributed by atoms with Crippen molar-refractivity contribution in [3.05, 3.63) is 60.2 Å². The van der Waals surface area contributed by atoms with E-state index in [2.05, 4.69) is 0 Å². The number of aliphatic hydroxyl groups excluding tert-OH is 1. The Bertz CT molecular complexity index is 816. The van der Waals surface area contributed by atoms with Gasteiger partial charge in [-0.1, -0.05) is 24.3 Å². The quantitative estimate of drug-likeness (QED) is 0.825. The summed E-state index contributed by atoms with van der Waals surface area (Å²) < 4.78 is 31.9. The van der Waals surface area contributed by atoms with Crippen LogP contribution in [-0.4, -0.2) is 39.9 Å². The Morgan fingerprint density at radius 3 is 2.54 bits per heavy atom. The molecule has 0 unspecified atom stereocenters. The van der Waals surface area contributed by atoms with E-state index in [0.717, 1.165) is 4.31 Å². The first-order chi connectivity index (χ1) is 11.5.